The maximum Gasteiger partial charge on any atom is 0.298 e. The Labute approximate surface area is 163 Å². The number of carbonyl (C=O) groups is 1. The third-order valence-corrected chi connectivity index (χ3v) is 5.76. The molecule has 0 amide bonds. The van der Waals surface area contributed by atoms with Crippen LogP contribution in [0.3, 0.4) is 0 Å². The second-order valence-electron chi connectivity index (χ2n) is 7.77. The Morgan fingerprint density at radius 1 is 1.25 bits per heavy atom. The molecule has 2 aliphatic heterocycles. The van der Waals surface area contributed by atoms with E-state index in [4.69, 9.17) is 9.73 Å². The van der Waals surface area contributed by atoms with Crippen molar-refractivity contribution in [3.05, 3.63) is 59.8 Å². The number of carbonyl (C=O) groups excluding carboxylic acids is 1. The number of amidine groups is 1. The van der Waals surface area contributed by atoms with Gasteiger partial charge < -0.3 is 10.1 Å². The molecule has 1 saturated heterocycles. The number of benzene rings is 1. The monoisotopic (exact) mass is 374 g/mol. The Hall–Kier alpha value is -3.02. The summed E-state index contributed by atoms with van der Waals surface area (Å²) in [5, 5.41) is 3.24. The molecule has 2 heterocycles. The molecular formula is C22H22N4O2. The van der Waals surface area contributed by atoms with Crippen LogP contribution in [0.4, 0.5) is 0 Å². The van der Waals surface area contributed by atoms with Gasteiger partial charge in [0.15, 0.2) is 5.60 Å². The third kappa shape index (κ3) is 2.89. The zero-order valence-electron chi connectivity index (χ0n) is 15.8. The van der Waals surface area contributed by atoms with Crippen molar-refractivity contribution in [1.29, 1.82) is 0 Å². The predicted octanol–water partition coefficient (Wildman–Crippen LogP) is 3.49. The molecule has 142 valence electrons. The highest BCUT2D eigenvalue weighted by Gasteiger charge is 2.41. The summed E-state index contributed by atoms with van der Waals surface area (Å²) in [4.78, 5) is 26.6. The van der Waals surface area contributed by atoms with E-state index in [1.807, 2.05) is 49.4 Å². The first-order valence-corrected chi connectivity index (χ1v) is 9.77. The second-order valence-corrected chi connectivity index (χ2v) is 7.77. The van der Waals surface area contributed by atoms with E-state index in [9.17, 15) is 4.79 Å². The van der Waals surface area contributed by atoms with Gasteiger partial charge in [-0.15, -0.1) is 0 Å². The summed E-state index contributed by atoms with van der Waals surface area (Å²) in [6.45, 7) is 2.04. The van der Waals surface area contributed by atoms with Crippen molar-refractivity contribution < 1.29 is 9.53 Å². The number of guanidine groups is 1. The van der Waals surface area contributed by atoms with E-state index in [2.05, 4.69) is 21.4 Å². The van der Waals surface area contributed by atoms with Crippen LogP contribution in [-0.2, 0) is 9.53 Å². The molecule has 2 fully saturated rings. The van der Waals surface area contributed by atoms with Crippen molar-refractivity contribution >= 4 is 23.5 Å². The van der Waals surface area contributed by atoms with E-state index >= 15 is 0 Å². The van der Waals surface area contributed by atoms with Crippen molar-refractivity contribution in [3.8, 4) is 0 Å². The quantitative estimate of drug-likeness (QED) is 0.818. The fraction of sp³-hybridized carbons (Fsp3) is 0.364. The first-order valence-electron chi connectivity index (χ1n) is 9.77. The molecule has 6 nitrogen and oxygen atoms in total. The van der Waals surface area contributed by atoms with E-state index in [1.54, 1.807) is 0 Å². The summed E-state index contributed by atoms with van der Waals surface area (Å²) in [7, 11) is 0. The number of fused-ring (bicyclic) bond motifs is 2. The lowest BCUT2D eigenvalue weighted by atomic mass is 9.78. The average Bonchev–Trinajstić information content (AvgIpc) is 3.03. The van der Waals surface area contributed by atoms with Crippen molar-refractivity contribution in [2.75, 3.05) is 0 Å². The first kappa shape index (κ1) is 17.1. The number of Topliss-reactive ketones (excluding diaryl/α,β-unsaturated/α-hetero) is 1. The maximum absolute atomic E-state index is 12.6. The molecule has 3 unspecified atom stereocenters. The number of rotatable bonds is 1. The molecule has 5 rings (SSSR count). The summed E-state index contributed by atoms with van der Waals surface area (Å²) in [6.07, 6.45) is 9.12. The molecule has 1 saturated carbocycles. The van der Waals surface area contributed by atoms with Gasteiger partial charge in [0.1, 0.15) is 5.78 Å². The molecule has 2 aliphatic carbocycles. The Morgan fingerprint density at radius 2 is 2.11 bits per heavy atom. The van der Waals surface area contributed by atoms with Gasteiger partial charge in [0, 0.05) is 18.6 Å². The predicted molar refractivity (Wildman–Crippen MR) is 108 cm³/mol. The standard InChI is InChI=1S/C22H22N4O2/c1-22-13-6-5-12-17(22)24-21(28-22)26-20-23-15-10-7-11-16(27)18(15)19(25-20)14-8-3-2-4-9-14/h2-6,8-9,12,18-19H,7,10-11,13H2,1H3,(H,24,25,26). The lowest BCUT2D eigenvalue weighted by Crippen LogP contribution is -2.36. The van der Waals surface area contributed by atoms with Gasteiger partial charge >= 0.3 is 0 Å². The highest BCUT2D eigenvalue weighted by atomic mass is 16.5. The average molecular weight is 374 g/mol. The normalized spacial score (nSPS) is 32.5. The van der Waals surface area contributed by atoms with Gasteiger partial charge in [-0.25, -0.2) is 9.98 Å². The maximum atomic E-state index is 12.6. The van der Waals surface area contributed by atoms with Crippen LogP contribution in [0.2, 0.25) is 0 Å². The van der Waals surface area contributed by atoms with Crippen LogP contribution in [0, 0.1) is 5.92 Å². The zero-order valence-corrected chi connectivity index (χ0v) is 15.8. The topological polar surface area (TPSA) is 75.4 Å². The van der Waals surface area contributed by atoms with Gasteiger partial charge in [-0.1, -0.05) is 42.5 Å². The molecule has 0 spiro atoms. The minimum atomic E-state index is -0.419. The van der Waals surface area contributed by atoms with Crippen LogP contribution in [0.5, 0.6) is 0 Å². The van der Waals surface area contributed by atoms with Gasteiger partial charge in [0.05, 0.1) is 17.7 Å². The number of allylic oxidation sites excluding steroid dienone is 2. The summed E-state index contributed by atoms with van der Waals surface area (Å²) >= 11 is 0. The number of nitrogens with one attached hydrogen (secondary N) is 1. The number of aliphatic imine (C=N–C) groups is 3. The van der Waals surface area contributed by atoms with Gasteiger partial charge in [-0.05, 0) is 31.4 Å². The molecule has 0 bridgehead atoms. The highest BCUT2D eigenvalue weighted by Crippen LogP contribution is 2.37. The Morgan fingerprint density at radius 3 is 2.93 bits per heavy atom. The third-order valence-electron chi connectivity index (χ3n) is 5.76. The lowest BCUT2D eigenvalue weighted by molar-refractivity contribution is -0.122. The molecular weight excluding hydrogens is 352 g/mol. The van der Waals surface area contributed by atoms with Crippen LogP contribution >= 0.6 is 0 Å². The number of nitrogens with zero attached hydrogens (tertiary/aromatic N) is 3. The molecule has 1 N–H and O–H groups in total. The molecule has 28 heavy (non-hydrogen) atoms. The molecule has 1 aromatic carbocycles. The number of hydrogen-bond acceptors (Lipinski definition) is 5. The Kier molecular flexibility index (Phi) is 4.00. The Balaban J connectivity index is 1.51. The van der Waals surface area contributed by atoms with Gasteiger partial charge in [0.25, 0.3) is 6.02 Å². The molecule has 4 aliphatic rings. The smallest absolute Gasteiger partial charge is 0.298 e. The number of ether oxygens (including phenoxy) is 1. The van der Waals surface area contributed by atoms with Crippen LogP contribution in [0.1, 0.15) is 44.2 Å². The van der Waals surface area contributed by atoms with Crippen molar-refractivity contribution in [2.24, 2.45) is 20.9 Å². The zero-order chi connectivity index (χ0) is 19.1. The largest absolute Gasteiger partial charge is 0.452 e. The van der Waals surface area contributed by atoms with E-state index in [-0.39, 0.29) is 17.7 Å². The Bertz CT molecular complexity index is 974. The minimum absolute atomic E-state index is 0.222. The highest BCUT2D eigenvalue weighted by molar-refractivity contribution is 6.14. The van der Waals surface area contributed by atoms with Crippen LogP contribution in [0.15, 0.2) is 69.2 Å². The lowest BCUT2D eigenvalue weighted by Gasteiger charge is -2.31. The van der Waals surface area contributed by atoms with Crippen molar-refractivity contribution in [3.63, 3.8) is 0 Å². The fourth-order valence-electron chi connectivity index (χ4n) is 4.26. The van der Waals surface area contributed by atoms with Gasteiger partial charge in [-0.3, -0.25) is 4.79 Å². The summed E-state index contributed by atoms with van der Waals surface area (Å²) in [5.41, 5.74) is 2.48. The van der Waals surface area contributed by atoms with E-state index in [0.29, 0.717) is 18.4 Å². The van der Waals surface area contributed by atoms with Gasteiger partial charge in [-0.2, -0.15) is 4.99 Å². The minimum Gasteiger partial charge on any atom is -0.452 e. The molecule has 0 radical (unpaired) electrons. The SMILES string of the molecule is CC12CC=CC=C1NC(=NC1=NC(c3ccccc3)C3C(=O)CCCC3=N1)O2. The summed E-state index contributed by atoms with van der Waals surface area (Å²) in [5.74, 6) is 0.317. The molecule has 6 heteroatoms. The van der Waals surface area contributed by atoms with Crippen molar-refractivity contribution in [2.45, 2.75) is 44.2 Å². The fourth-order valence-corrected chi connectivity index (χ4v) is 4.26. The second kappa shape index (κ2) is 6.55. The molecule has 3 atom stereocenters. The van der Waals surface area contributed by atoms with E-state index in [0.717, 1.165) is 36.2 Å². The molecule has 0 aromatic heterocycles. The summed E-state index contributed by atoms with van der Waals surface area (Å²) in [6, 6.07) is 10.1. The van der Waals surface area contributed by atoms with Gasteiger partial charge in [0.2, 0.25) is 5.96 Å². The van der Waals surface area contributed by atoms with E-state index in [1.165, 1.54) is 0 Å². The first-order chi connectivity index (χ1) is 13.6. The van der Waals surface area contributed by atoms with Crippen LogP contribution in [-0.4, -0.2) is 29.1 Å². The summed E-state index contributed by atoms with van der Waals surface area (Å²) < 4.78 is 6.06. The van der Waals surface area contributed by atoms with E-state index < -0.39 is 5.60 Å². The molecule has 1 aromatic rings. The van der Waals surface area contributed by atoms with Crippen molar-refractivity contribution in [1.82, 2.24) is 5.32 Å². The number of hydrogen-bond donors (Lipinski definition) is 1. The van der Waals surface area contributed by atoms with Crippen LogP contribution < -0.4 is 5.32 Å². The number of ketones is 1. The van der Waals surface area contributed by atoms with Crippen LogP contribution in [0.25, 0.3) is 0 Å².